The maximum Gasteiger partial charge on any atom is 0.201 e. The van der Waals surface area contributed by atoms with E-state index in [1.54, 1.807) is 18.5 Å². The smallest absolute Gasteiger partial charge is 0.201 e. The molecule has 0 aromatic heterocycles. The Morgan fingerprint density at radius 2 is 2.33 bits per heavy atom. The van der Waals surface area contributed by atoms with E-state index in [9.17, 15) is 0 Å². The van der Waals surface area contributed by atoms with Crippen LogP contribution in [-0.4, -0.2) is 12.1 Å². The SMILES string of the molecule is C1=CC(C2=CN=COS2)=NSO1. The van der Waals surface area contributed by atoms with E-state index in [4.69, 9.17) is 8.37 Å². The van der Waals surface area contributed by atoms with E-state index >= 15 is 0 Å². The minimum absolute atomic E-state index is 0.813. The summed E-state index contributed by atoms with van der Waals surface area (Å²) in [7, 11) is 0. The summed E-state index contributed by atoms with van der Waals surface area (Å²) in [5, 5.41) is 0. The summed E-state index contributed by atoms with van der Waals surface area (Å²) >= 11 is 2.27. The van der Waals surface area contributed by atoms with E-state index in [1.807, 2.05) is 0 Å². The number of rotatable bonds is 1. The molecule has 0 saturated carbocycles. The van der Waals surface area contributed by atoms with Crippen LogP contribution < -0.4 is 0 Å². The van der Waals surface area contributed by atoms with Gasteiger partial charge in [0.1, 0.15) is 6.26 Å². The third-order valence-corrected chi connectivity index (χ3v) is 2.29. The molecule has 0 saturated heterocycles. The standard InChI is InChI=1S/C6H4N2O2S2/c1-2-9-12-8-5(1)6-3-7-4-10-11-6/h1-4H. The number of aliphatic imine (C=N–C) groups is 1. The molecule has 0 amide bonds. The molecule has 12 heavy (non-hydrogen) atoms. The summed E-state index contributed by atoms with van der Waals surface area (Å²) in [6.45, 7) is 0. The van der Waals surface area contributed by atoms with Crippen molar-refractivity contribution in [1.29, 1.82) is 0 Å². The van der Waals surface area contributed by atoms with E-state index in [2.05, 4.69) is 9.39 Å². The van der Waals surface area contributed by atoms with Crippen molar-refractivity contribution in [2.45, 2.75) is 0 Å². The summed E-state index contributed by atoms with van der Waals surface area (Å²) in [6.07, 6.45) is 6.42. The van der Waals surface area contributed by atoms with Gasteiger partial charge in [-0.05, 0) is 0 Å². The van der Waals surface area contributed by atoms with E-state index < -0.39 is 0 Å². The molecule has 0 N–H and O–H groups in total. The second kappa shape index (κ2) is 3.68. The molecule has 0 fully saturated rings. The zero-order valence-corrected chi connectivity index (χ0v) is 7.47. The monoisotopic (exact) mass is 200 g/mol. The largest absolute Gasteiger partial charge is 0.412 e. The van der Waals surface area contributed by atoms with Gasteiger partial charge in [0, 0.05) is 12.3 Å². The van der Waals surface area contributed by atoms with Gasteiger partial charge < -0.3 is 8.37 Å². The molecule has 4 nitrogen and oxygen atoms in total. The molecule has 0 aromatic carbocycles. The topological polar surface area (TPSA) is 43.2 Å². The van der Waals surface area contributed by atoms with Gasteiger partial charge in [0.25, 0.3) is 0 Å². The fourth-order valence-corrected chi connectivity index (χ4v) is 1.61. The summed E-state index contributed by atoms with van der Waals surface area (Å²) in [5.74, 6) is 0. The van der Waals surface area contributed by atoms with Crippen LogP contribution in [0.5, 0.6) is 0 Å². The third-order valence-electron chi connectivity index (χ3n) is 1.15. The number of nitrogens with zero attached hydrogens (tertiary/aromatic N) is 2. The van der Waals surface area contributed by atoms with Crippen LogP contribution in [0.3, 0.4) is 0 Å². The molecule has 2 aliphatic heterocycles. The zero-order chi connectivity index (χ0) is 8.23. The zero-order valence-electron chi connectivity index (χ0n) is 5.84. The molecule has 0 aliphatic carbocycles. The highest BCUT2D eigenvalue weighted by atomic mass is 32.2. The highest BCUT2D eigenvalue weighted by molar-refractivity contribution is 8.00. The highest BCUT2D eigenvalue weighted by Gasteiger charge is 2.11. The van der Waals surface area contributed by atoms with Crippen LogP contribution in [0, 0.1) is 0 Å². The maximum absolute atomic E-state index is 4.93. The Morgan fingerprint density at radius 1 is 1.33 bits per heavy atom. The highest BCUT2D eigenvalue weighted by Crippen LogP contribution is 2.25. The Bertz CT molecular complexity index is 296. The summed E-state index contributed by atoms with van der Waals surface area (Å²) in [6, 6.07) is 0. The molecule has 0 aromatic rings. The van der Waals surface area contributed by atoms with E-state index in [0.29, 0.717) is 0 Å². The minimum Gasteiger partial charge on any atom is -0.412 e. The fourth-order valence-electron chi connectivity index (χ4n) is 0.663. The second-order valence-corrected chi connectivity index (χ2v) is 3.20. The normalized spacial score (nSPS) is 20.7. The average Bonchev–Trinajstić information content (AvgIpc) is 2.21. The number of allylic oxidation sites excluding steroid dienone is 2. The van der Waals surface area contributed by atoms with Crippen LogP contribution in [0.2, 0.25) is 0 Å². The van der Waals surface area contributed by atoms with Gasteiger partial charge in [0.2, 0.25) is 12.2 Å². The molecule has 2 aliphatic rings. The van der Waals surface area contributed by atoms with Crippen LogP contribution in [0.15, 0.2) is 32.8 Å². The molecule has 2 rings (SSSR count). The van der Waals surface area contributed by atoms with Gasteiger partial charge in [0.15, 0.2) is 6.40 Å². The number of hydrogen-bond donors (Lipinski definition) is 0. The number of hydrogen-bond acceptors (Lipinski definition) is 6. The summed E-state index contributed by atoms with van der Waals surface area (Å²) < 4.78 is 13.8. The third kappa shape index (κ3) is 1.64. The van der Waals surface area contributed by atoms with Gasteiger partial charge in [-0.2, -0.15) is 4.40 Å². The molecular weight excluding hydrogens is 196 g/mol. The van der Waals surface area contributed by atoms with Crippen molar-refractivity contribution >= 4 is 36.4 Å². The molecular formula is C6H4N2O2S2. The van der Waals surface area contributed by atoms with Crippen LogP contribution in [-0.2, 0) is 8.37 Å². The summed E-state index contributed by atoms with van der Waals surface area (Å²) in [5.41, 5.74) is 0.813. The Kier molecular flexibility index (Phi) is 2.38. The average molecular weight is 200 g/mol. The van der Waals surface area contributed by atoms with Crippen molar-refractivity contribution in [2.24, 2.45) is 9.39 Å². The van der Waals surface area contributed by atoms with Crippen LogP contribution in [0.1, 0.15) is 0 Å². The molecule has 0 bridgehead atoms. The van der Waals surface area contributed by atoms with Gasteiger partial charge in [-0.3, -0.25) is 0 Å². The first-order valence-electron chi connectivity index (χ1n) is 3.09. The molecule has 0 radical (unpaired) electrons. The lowest BCUT2D eigenvalue weighted by molar-refractivity contribution is 0.565. The Balaban J connectivity index is 2.17. The predicted octanol–water partition coefficient (Wildman–Crippen LogP) is 2.08. The minimum atomic E-state index is 0.813. The molecule has 62 valence electrons. The van der Waals surface area contributed by atoms with Crippen LogP contribution in [0.4, 0.5) is 0 Å². The van der Waals surface area contributed by atoms with Crippen molar-refractivity contribution in [3.63, 3.8) is 0 Å². The lowest BCUT2D eigenvalue weighted by Gasteiger charge is -2.08. The van der Waals surface area contributed by atoms with Gasteiger partial charge in [0.05, 0.1) is 22.7 Å². The molecule has 2 heterocycles. The van der Waals surface area contributed by atoms with Crippen LogP contribution in [0.25, 0.3) is 0 Å². The molecule has 0 atom stereocenters. The quantitative estimate of drug-likeness (QED) is 0.480. The first kappa shape index (κ1) is 7.75. The van der Waals surface area contributed by atoms with Crippen molar-refractivity contribution in [2.75, 3.05) is 0 Å². The van der Waals surface area contributed by atoms with Gasteiger partial charge in [-0.1, -0.05) is 0 Å². The first-order valence-corrected chi connectivity index (χ1v) is 4.53. The fraction of sp³-hybridized carbons (Fsp3) is 0. The van der Waals surface area contributed by atoms with Gasteiger partial charge in [-0.15, -0.1) is 0 Å². The van der Waals surface area contributed by atoms with Gasteiger partial charge >= 0.3 is 0 Å². The van der Waals surface area contributed by atoms with E-state index in [0.717, 1.165) is 22.8 Å². The van der Waals surface area contributed by atoms with Crippen molar-refractivity contribution in [1.82, 2.24) is 0 Å². The van der Waals surface area contributed by atoms with Crippen LogP contribution >= 0.6 is 24.3 Å². The first-order chi connectivity index (χ1) is 5.97. The summed E-state index contributed by atoms with van der Waals surface area (Å²) in [4.78, 5) is 4.72. The van der Waals surface area contributed by atoms with E-state index in [1.165, 1.54) is 18.4 Å². The van der Waals surface area contributed by atoms with Crippen molar-refractivity contribution in [3.05, 3.63) is 23.4 Å². The Labute approximate surface area is 78.0 Å². The molecule has 0 unspecified atom stereocenters. The van der Waals surface area contributed by atoms with Crippen molar-refractivity contribution < 1.29 is 8.37 Å². The molecule has 6 heteroatoms. The van der Waals surface area contributed by atoms with Crippen molar-refractivity contribution in [3.8, 4) is 0 Å². The van der Waals surface area contributed by atoms with Gasteiger partial charge in [-0.25, -0.2) is 4.99 Å². The second-order valence-electron chi connectivity index (χ2n) is 1.88. The lowest BCUT2D eigenvalue weighted by atomic mass is 10.3. The Morgan fingerprint density at radius 3 is 3.00 bits per heavy atom. The predicted molar refractivity (Wildman–Crippen MR) is 50.5 cm³/mol. The maximum atomic E-state index is 4.93. The molecule has 0 spiro atoms. The Hall–Kier alpha value is -0.880. The lowest BCUT2D eigenvalue weighted by Crippen LogP contribution is -2.00. The van der Waals surface area contributed by atoms with E-state index in [-0.39, 0.29) is 0 Å².